The molecule has 0 aliphatic rings. The molecule has 0 fully saturated rings. The smallest absolute Gasteiger partial charge is 0.338 e. The summed E-state index contributed by atoms with van der Waals surface area (Å²) in [5.74, 6) is -0.514. The van der Waals surface area contributed by atoms with E-state index >= 15 is 0 Å². The Hall–Kier alpha value is -3.15. The lowest BCUT2D eigenvalue weighted by molar-refractivity contribution is -0.122. The molecule has 0 bridgehead atoms. The zero-order valence-corrected chi connectivity index (χ0v) is 14.9. The van der Waals surface area contributed by atoms with Crippen LogP contribution in [0.25, 0.3) is 0 Å². The molecule has 0 aromatic heterocycles. The molecule has 0 saturated carbocycles. The molecule has 0 spiro atoms. The summed E-state index contributed by atoms with van der Waals surface area (Å²) in [6.07, 6.45) is -0.798. The first kappa shape index (κ1) is 19.2. The highest BCUT2D eigenvalue weighted by Gasteiger charge is 2.16. The van der Waals surface area contributed by atoms with Crippen LogP contribution in [0.1, 0.15) is 41.5 Å². The number of anilines is 1. The molecule has 1 amide bonds. The van der Waals surface area contributed by atoms with E-state index in [4.69, 9.17) is 9.47 Å². The molecule has 2 rings (SSSR count). The highest BCUT2D eigenvalue weighted by Crippen LogP contribution is 2.17. The number of ketones is 1. The van der Waals surface area contributed by atoms with Crippen molar-refractivity contribution in [3.63, 3.8) is 0 Å². The second-order valence-electron chi connectivity index (χ2n) is 5.63. The Morgan fingerprint density at radius 1 is 1.04 bits per heavy atom. The second-order valence-corrected chi connectivity index (χ2v) is 5.63. The maximum Gasteiger partial charge on any atom is 0.338 e. The molecule has 26 heavy (non-hydrogen) atoms. The van der Waals surface area contributed by atoms with Gasteiger partial charge in [0.2, 0.25) is 0 Å². The van der Waals surface area contributed by atoms with Gasteiger partial charge in [0.1, 0.15) is 5.75 Å². The molecule has 136 valence electrons. The normalized spacial score (nSPS) is 11.3. The Morgan fingerprint density at radius 3 is 2.42 bits per heavy atom. The Kier molecular flexibility index (Phi) is 6.49. The first-order valence-corrected chi connectivity index (χ1v) is 8.26. The summed E-state index contributed by atoms with van der Waals surface area (Å²) < 4.78 is 10.6. The van der Waals surface area contributed by atoms with E-state index in [1.54, 1.807) is 56.3 Å². The molecule has 6 heteroatoms. The quantitative estimate of drug-likeness (QED) is 0.607. The van der Waals surface area contributed by atoms with E-state index in [9.17, 15) is 14.4 Å². The summed E-state index contributed by atoms with van der Waals surface area (Å²) in [6, 6.07) is 13.1. The number of nitrogens with one attached hydrogen (secondary N) is 1. The van der Waals surface area contributed by atoms with Gasteiger partial charge in [-0.2, -0.15) is 0 Å². The lowest BCUT2D eigenvalue weighted by Gasteiger charge is -2.15. The van der Waals surface area contributed by atoms with Gasteiger partial charge in [-0.15, -0.1) is 0 Å². The Bertz CT molecular complexity index is 815. The number of esters is 1. The van der Waals surface area contributed by atoms with Gasteiger partial charge in [-0.3, -0.25) is 9.59 Å². The fourth-order valence-electron chi connectivity index (χ4n) is 2.23. The van der Waals surface area contributed by atoms with Gasteiger partial charge < -0.3 is 14.8 Å². The van der Waals surface area contributed by atoms with Crippen molar-refractivity contribution in [1.29, 1.82) is 0 Å². The molecule has 0 aliphatic heterocycles. The predicted molar refractivity (Wildman–Crippen MR) is 97.6 cm³/mol. The van der Waals surface area contributed by atoms with Crippen LogP contribution < -0.4 is 10.1 Å². The van der Waals surface area contributed by atoms with Crippen molar-refractivity contribution >= 4 is 23.3 Å². The molecule has 0 radical (unpaired) electrons. The number of carbonyl (C=O) groups is 3. The number of amides is 1. The predicted octanol–water partition coefficient (Wildman–Crippen LogP) is 3.47. The average molecular weight is 355 g/mol. The Morgan fingerprint density at radius 2 is 1.73 bits per heavy atom. The summed E-state index contributed by atoms with van der Waals surface area (Å²) in [6.45, 7) is 5.07. The van der Waals surface area contributed by atoms with Gasteiger partial charge in [0.05, 0.1) is 12.2 Å². The number of carbonyl (C=O) groups excluding carboxylic acids is 3. The third kappa shape index (κ3) is 5.17. The minimum Gasteiger partial charge on any atom is -0.481 e. The zero-order chi connectivity index (χ0) is 19.1. The van der Waals surface area contributed by atoms with E-state index in [1.165, 1.54) is 13.0 Å². The molecular weight excluding hydrogens is 334 g/mol. The van der Waals surface area contributed by atoms with Gasteiger partial charge in [-0.1, -0.05) is 18.2 Å². The minimum atomic E-state index is -0.798. The van der Waals surface area contributed by atoms with Crippen LogP contribution >= 0.6 is 0 Å². The number of Topliss-reactive ketones (excluding diaryl/α,β-unsaturated/α-hetero) is 1. The molecule has 2 aromatic rings. The van der Waals surface area contributed by atoms with E-state index in [1.807, 2.05) is 0 Å². The van der Waals surface area contributed by atoms with Crippen molar-refractivity contribution in [1.82, 2.24) is 0 Å². The molecule has 1 atom stereocenters. The monoisotopic (exact) mass is 355 g/mol. The van der Waals surface area contributed by atoms with E-state index < -0.39 is 12.1 Å². The summed E-state index contributed by atoms with van der Waals surface area (Å²) in [7, 11) is 0. The maximum absolute atomic E-state index is 12.3. The van der Waals surface area contributed by atoms with Gasteiger partial charge in [0.25, 0.3) is 5.91 Å². The molecule has 0 heterocycles. The van der Waals surface area contributed by atoms with Crippen LogP contribution in [0.4, 0.5) is 5.69 Å². The van der Waals surface area contributed by atoms with Gasteiger partial charge in [0, 0.05) is 11.3 Å². The third-order valence-electron chi connectivity index (χ3n) is 3.56. The maximum atomic E-state index is 12.3. The van der Waals surface area contributed by atoms with Crippen LogP contribution in [-0.2, 0) is 9.53 Å². The van der Waals surface area contributed by atoms with Crippen LogP contribution in [-0.4, -0.2) is 30.4 Å². The van der Waals surface area contributed by atoms with E-state index in [-0.39, 0.29) is 18.3 Å². The molecule has 0 unspecified atom stereocenters. The van der Waals surface area contributed by atoms with Crippen molar-refractivity contribution in [2.24, 2.45) is 0 Å². The number of hydrogen-bond donors (Lipinski definition) is 1. The minimum absolute atomic E-state index is 0.0822. The largest absolute Gasteiger partial charge is 0.481 e. The Balaban J connectivity index is 2.03. The highest BCUT2D eigenvalue weighted by atomic mass is 16.5. The van der Waals surface area contributed by atoms with Crippen molar-refractivity contribution in [3.05, 3.63) is 59.7 Å². The summed E-state index contributed by atoms with van der Waals surface area (Å²) in [5.41, 5.74) is 1.38. The zero-order valence-electron chi connectivity index (χ0n) is 14.9. The van der Waals surface area contributed by atoms with E-state index in [2.05, 4.69) is 5.32 Å². The molecular formula is C20H21NO5. The number of benzene rings is 2. The highest BCUT2D eigenvalue weighted by molar-refractivity contribution is 5.98. The van der Waals surface area contributed by atoms with Crippen molar-refractivity contribution in [3.8, 4) is 5.75 Å². The molecule has 0 aliphatic carbocycles. The van der Waals surface area contributed by atoms with Crippen molar-refractivity contribution in [2.75, 3.05) is 11.9 Å². The first-order chi connectivity index (χ1) is 12.4. The fourth-order valence-corrected chi connectivity index (χ4v) is 2.23. The van der Waals surface area contributed by atoms with Crippen molar-refractivity contribution in [2.45, 2.75) is 26.9 Å². The van der Waals surface area contributed by atoms with Gasteiger partial charge in [-0.05, 0) is 51.1 Å². The SMILES string of the molecule is CCOC(=O)c1cccc(O[C@@H](C)C(=O)Nc2cccc(C(C)=O)c2)c1. The molecule has 1 N–H and O–H groups in total. The second kappa shape index (κ2) is 8.80. The van der Waals surface area contributed by atoms with Crippen LogP contribution in [0.5, 0.6) is 5.75 Å². The first-order valence-electron chi connectivity index (χ1n) is 8.26. The van der Waals surface area contributed by atoms with E-state index in [0.29, 0.717) is 22.6 Å². The standard InChI is InChI=1S/C20H21NO5/c1-4-25-20(24)16-8-6-10-18(12-16)26-14(3)19(23)21-17-9-5-7-15(11-17)13(2)22/h5-12,14H,4H2,1-3H3,(H,21,23)/t14-/m0/s1. The number of hydrogen-bond acceptors (Lipinski definition) is 5. The summed E-state index contributed by atoms with van der Waals surface area (Å²) in [4.78, 5) is 35.5. The number of rotatable bonds is 7. The molecule has 6 nitrogen and oxygen atoms in total. The third-order valence-corrected chi connectivity index (χ3v) is 3.56. The van der Waals surface area contributed by atoms with Crippen LogP contribution in [0.2, 0.25) is 0 Å². The summed E-state index contributed by atoms with van der Waals surface area (Å²) in [5, 5.41) is 2.71. The summed E-state index contributed by atoms with van der Waals surface area (Å²) >= 11 is 0. The van der Waals surface area contributed by atoms with Gasteiger partial charge in [-0.25, -0.2) is 4.79 Å². The molecule has 2 aromatic carbocycles. The fraction of sp³-hybridized carbons (Fsp3) is 0.250. The van der Waals surface area contributed by atoms with Crippen LogP contribution in [0.3, 0.4) is 0 Å². The van der Waals surface area contributed by atoms with Crippen molar-refractivity contribution < 1.29 is 23.9 Å². The molecule has 0 saturated heterocycles. The van der Waals surface area contributed by atoms with Gasteiger partial charge in [0.15, 0.2) is 11.9 Å². The topological polar surface area (TPSA) is 81.7 Å². The lowest BCUT2D eigenvalue weighted by atomic mass is 10.1. The van der Waals surface area contributed by atoms with Crippen LogP contribution in [0.15, 0.2) is 48.5 Å². The average Bonchev–Trinajstić information content (AvgIpc) is 2.62. The lowest BCUT2D eigenvalue weighted by Crippen LogP contribution is -2.30. The van der Waals surface area contributed by atoms with Gasteiger partial charge >= 0.3 is 5.97 Å². The number of ether oxygens (including phenoxy) is 2. The Labute approximate surface area is 152 Å². The van der Waals surface area contributed by atoms with E-state index in [0.717, 1.165) is 0 Å². The van der Waals surface area contributed by atoms with Crippen LogP contribution in [0, 0.1) is 0 Å².